The average molecular weight is 247 g/mol. The molecule has 1 unspecified atom stereocenters. The summed E-state index contributed by atoms with van der Waals surface area (Å²) in [6.45, 7) is 8.05. The predicted molar refractivity (Wildman–Crippen MR) is 80.9 cm³/mol. The molecule has 0 radical (unpaired) electrons. The Balaban J connectivity index is 2.00. The van der Waals surface area contributed by atoms with Crippen LogP contribution in [0.3, 0.4) is 0 Å². The van der Waals surface area contributed by atoms with Crippen LogP contribution >= 0.6 is 0 Å². The monoisotopic (exact) mass is 247 g/mol. The molecule has 1 rings (SSSR count). The summed E-state index contributed by atoms with van der Waals surface area (Å²) < 4.78 is 0. The second-order valence-corrected chi connectivity index (χ2v) is 5.77. The van der Waals surface area contributed by atoms with Crippen molar-refractivity contribution in [1.29, 1.82) is 0 Å². The van der Waals surface area contributed by atoms with Gasteiger partial charge >= 0.3 is 0 Å². The molecular weight excluding hydrogens is 218 g/mol. The molecule has 0 fully saturated rings. The quantitative estimate of drug-likeness (QED) is 0.637. The second-order valence-electron chi connectivity index (χ2n) is 5.77. The maximum atomic E-state index is 3.63. The van der Waals surface area contributed by atoms with E-state index >= 15 is 0 Å². The number of hydrogen-bond acceptors (Lipinski definition) is 1. The van der Waals surface area contributed by atoms with Gasteiger partial charge in [0.15, 0.2) is 0 Å². The lowest BCUT2D eigenvalue weighted by atomic mass is 10.0. The smallest absolute Gasteiger partial charge is 0.00387 e. The Kier molecular flexibility index (Phi) is 7.75. The maximum Gasteiger partial charge on any atom is 0.00387 e. The van der Waals surface area contributed by atoms with Crippen molar-refractivity contribution in [2.45, 2.75) is 58.9 Å². The van der Waals surface area contributed by atoms with Crippen LogP contribution < -0.4 is 5.32 Å². The molecule has 1 heteroatoms. The molecule has 1 aromatic rings. The summed E-state index contributed by atoms with van der Waals surface area (Å²) in [7, 11) is 0. The van der Waals surface area contributed by atoms with Gasteiger partial charge in [-0.15, -0.1) is 0 Å². The molecule has 0 saturated carbocycles. The first kappa shape index (κ1) is 15.2. The molecule has 1 atom stereocenters. The van der Waals surface area contributed by atoms with Crippen molar-refractivity contribution in [3.05, 3.63) is 35.9 Å². The zero-order valence-corrected chi connectivity index (χ0v) is 12.3. The molecule has 18 heavy (non-hydrogen) atoms. The highest BCUT2D eigenvalue weighted by molar-refractivity contribution is 5.14. The summed E-state index contributed by atoms with van der Waals surface area (Å²) in [5.74, 6) is 0.843. The molecule has 0 aromatic heterocycles. The van der Waals surface area contributed by atoms with Gasteiger partial charge in [-0.2, -0.15) is 0 Å². The van der Waals surface area contributed by atoms with E-state index in [4.69, 9.17) is 0 Å². The van der Waals surface area contributed by atoms with Crippen LogP contribution in [0.25, 0.3) is 0 Å². The van der Waals surface area contributed by atoms with E-state index in [2.05, 4.69) is 56.4 Å². The van der Waals surface area contributed by atoms with Crippen LogP contribution in [0, 0.1) is 5.92 Å². The number of nitrogens with one attached hydrogen (secondary N) is 1. The number of aryl methyl sites for hydroxylation is 1. The Morgan fingerprint density at radius 3 is 2.33 bits per heavy atom. The number of benzene rings is 1. The lowest BCUT2D eigenvalue weighted by molar-refractivity contribution is 0.455. The third-order valence-corrected chi connectivity index (χ3v) is 3.40. The SMILES string of the molecule is CC(C)CCCC(C)NCCCc1ccccc1. The Hall–Kier alpha value is -0.820. The molecule has 0 saturated heterocycles. The van der Waals surface area contributed by atoms with Crippen LogP contribution in [-0.2, 0) is 6.42 Å². The summed E-state index contributed by atoms with van der Waals surface area (Å²) >= 11 is 0. The van der Waals surface area contributed by atoms with Crippen molar-refractivity contribution in [3.8, 4) is 0 Å². The summed E-state index contributed by atoms with van der Waals surface area (Å²) in [4.78, 5) is 0. The lowest BCUT2D eigenvalue weighted by Gasteiger charge is -2.14. The first-order chi connectivity index (χ1) is 8.68. The molecule has 0 aliphatic heterocycles. The number of rotatable bonds is 9. The average Bonchev–Trinajstić information content (AvgIpc) is 2.35. The van der Waals surface area contributed by atoms with Crippen LogP contribution in [0.15, 0.2) is 30.3 Å². The summed E-state index contributed by atoms with van der Waals surface area (Å²) in [6, 6.07) is 11.4. The van der Waals surface area contributed by atoms with Gasteiger partial charge in [-0.25, -0.2) is 0 Å². The minimum Gasteiger partial charge on any atom is -0.314 e. The molecule has 0 spiro atoms. The van der Waals surface area contributed by atoms with E-state index in [1.54, 1.807) is 0 Å². The lowest BCUT2D eigenvalue weighted by Crippen LogP contribution is -2.27. The largest absolute Gasteiger partial charge is 0.314 e. The molecule has 1 N–H and O–H groups in total. The van der Waals surface area contributed by atoms with Crippen molar-refractivity contribution < 1.29 is 0 Å². The standard InChI is InChI=1S/C17H29N/c1-15(2)9-7-10-16(3)18-14-8-13-17-11-5-4-6-12-17/h4-6,11-12,15-16,18H,7-10,13-14H2,1-3H3. The second kappa shape index (κ2) is 9.16. The van der Waals surface area contributed by atoms with Gasteiger partial charge in [-0.3, -0.25) is 0 Å². The Morgan fingerprint density at radius 2 is 1.67 bits per heavy atom. The minimum atomic E-state index is 0.666. The van der Waals surface area contributed by atoms with Gasteiger partial charge in [0.25, 0.3) is 0 Å². The van der Waals surface area contributed by atoms with E-state index in [9.17, 15) is 0 Å². The van der Waals surface area contributed by atoms with Crippen molar-refractivity contribution in [1.82, 2.24) is 5.32 Å². The van der Waals surface area contributed by atoms with Gasteiger partial charge in [0.05, 0.1) is 0 Å². The third kappa shape index (κ3) is 7.50. The molecular formula is C17H29N. The summed E-state index contributed by atoms with van der Waals surface area (Å²) in [5.41, 5.74) is 1.45. The fraction of sp³-hybridized carbons (Fsp3) is 0.647. The third-order valence-electron chi connectivity index (χ3n) is 3.40. The highest BCUT2D eigenvalue weighted by Gasteiger charge is 2.02. The molecule has 0 heterocycles. The zero-order valence-electron chi connectivity index (χ0n) is 12.3. The van der Waals surface area contributed by atoms with Crippen LogP contribution in [0.2, 0.25) is 0 Å². The molecule has 0 amide bonds. The number of hydrogen-bond donors (Lipinski definition) is 1. The van der Waals surface area contributed by atoms with Gasteiger partial charge in [0, 0.05) is 6.04 Å². The first-order valence-electron chi connectivity index (χ1n) is 7.46. The molecule has 1 nitrogen and oxygen atoms in total. The Morgan fingerprint density at radius 1 is 0.944 bits per heavy atom. The van der Waals surface area contributed by atoms with Crippen molar-refractivity contribution in [2.24, 2.45) is 5.92 Å². The molecule has 0 bridgehead atoms. The first-order valence-corrected chi connectivity index (χ1v) is 7.46. The van der Waals surface area contributed by atoms with Gasteiger partial charge < -0.3 is 5.32 Å². The minimum absolute atomic E-state index is 0.666. The van der Waals surface area contributed by atoms with E-state index in [0.717, 1.165) is 12.5 Å². The van der Waals surface area contributed by atoms with Crippen LogP contribution in [0.5, 0.6) is 0 Å². The van der Waals surface area contributed by atoms with E-state index in [0.29, 0.717) is 6.04 Å². The summed E-state index contributed by atoms with van der Waals surface area (Å²) in [5, 5.41) is 3.63. The highest BCUT2D eigenvalue weighted by atomic mass is 14.9. The fourth-order valence-electron chi connectivity index (χ4n) is 2.22. The topological polar surface area (TPSA) is 12.0 Å². The molecule has 0 aliphatic rings. The van der Waals surface area contributed by atoms with Gasteiger partial charge in [-0.1, -0.05) is 57.0 Å². The normalized spacial score (nSPS) is 12.9. The fourth-order valence-corrected chi connectivity index (χ4v) is 2.22. The van der Waals surface area contributed by atoms with Gasteiger partial charge in [0.1, 0.15) is 0 Å². The van der Waals surface area contributed by atoms with Crippen LogP contribution in [0.4, 0.5) is 0 Å². The van der Waals surface area contributed by atoms with E-state index in [1.807, 2.05) is 0 Å². The van der Waals surface area contributed by atoms with Crippen molar-refractivity contribution in [3.63, 3.8) is 0 Å². The van der Waals surface area contributed by atoms with E-state index in [-0.39, 0.29) is 0 Å². The van der Waals surface area contributed by atoms with Crippen LogP contribution in [0.1, 0.15) is 52.0 Å². The molecule has 102 valence electrons. The van der Waals surface area contributed by atoms with Crippen LogP contribution in [-0.4, -0.2) is 12.6 Å². The molecule has 1 aromatic carbocycles. The highest BCUT2D eigenvalue weighted by Crippen LogP contribution is 2.08. The molecule has 0 aliphatic carbocycles. The van der Waals surface area contributed by atoms with Gasteiger partial charge in [0.2, 0.25) is 0 Å². The Labute approximate surface area is 113 Å². The Bertz CT molecular complexity index is 292. The maximum absolute atomic E-state index is 3.63. The van der Waals surface area contributed by atoms with Gasteiger partial charge in [-0.05, 0) is 44.2 Å². The van der Waals surface area contributed by atoms with E-state index in [1.165, 1.54) is 37.7 Å². The zero-order chi connectivity index (χ0) is 13.2. The summed E-state index contributed by atoms with van der Waals surface area (Å²) in [6.07, 6.45) is 6.44. The van der Waals surface area contributed by atoms with E-state index < -0.39 is 0 Å². The predicted octanol–water partition coefficient (Wildman–Crippen LogP) is 4.42. The van der Waals surface area contributed by atoms with Crippen molar-refractivity contribution >= 4 is 0 Å². The van der Waals surface area contributed by atoms with Crippen molar-refractivity contribution in [2.75, 3.05) is 6.54 Å².